The molecule has 2 rings (SSSR count). The maximum absolute atomic E-state index is 10.4. The maximum Gasteiger partial charge on any atom is 0.235 e. The van der Waals surface area contributed by atoms with Crippen LogP contribution in [0.5, 0.6) is 0 Å². The molecule has 2 nitrogen and oxygen atoms in total. The van der Waals surface area contributed by atoms with E-state index in [-0.39, 0.29) is 0 Å². The summed E-state index contributed by atoms with van der Waals surface area (Å²) < 4.78 is 0. The van der Waals surface area contributed by atoms with E-state index in [9.17, 15) is 4.79 Å². The highest BCUT2D eigenvalue weighted by atomic mass is 16.1. The number of nitrogens with one attached hydrogen (secondary N) is 1. The lowest BCUT2D eigenvalue weighted by atomic mass is 10.1. The molecule has 1 aromatic rings. The molecule has 1 radical (unpaired) electrons. The SMILES string of the molecule is O=[C]c1cccc2c1NCC2. The second kappa shape index (κ2) is 2.38. The first-order chi connectivity index (χ1) is 5.42. The lowest BCUT2D eigenvalue weighted by Crippen LogP contribution is -1.94. The van der Waals surface area contributed by atoms with Crippen molar-refractivity contribution < 1.29 is 4.79 Å². The second-order valence-electron chi connectivity index (χ2n) is 2.62. The van der Waals surface area contributed by atoms with Crippen LogP contribution in [0.3, 0.4) is 0 Å². The summed E-state index contributed by atoms with van der Waals surface area (Å²) in [5.41, 5.74) is 2.85. The van der Waals surface area contributed by atoms with E-state index in [1.807, 2.05) is 18.4 Å². The van der Waals surface area contributed by atoms with Gasteiger partial charge in [-0.25, -0.2) is 0 Å². The van der Waals surface area contributed by atoms with Gasteiger partial charge >= 0.3 is 0 Å². The smallest absolute Gasteiger partial charge is 0.235 e. The fraction of sp³-hybridized carbons (Fsp3) is 0.222. The van der Waals surface area contributed by atoms with Crippen LogP contribution in [-0.2, 0) is 11.2 Å². The van der Waals surface area contributed by atoms with Crippen molar-refractivity contribution in [3.63, 3.8) is 0 Å². The zero-order chi connectivity index (χ0) is 7.68. The van der Waals surface area contributed by atoms with Crippen LogP contribution in [0.15, 0.2) is 18.2 Å². The normalized spacial score (nSPS) is 13.8. The molecule has 0 aliphatic carbocycles. The fourth-order valence-corrected chi connectivity index (χ4v) is 1.42. The van der Waals surface area contributed by atoms with Crippen LogP contribution < -0.4 is 5.32 Å². The minimum atomic E-state index is 0.653. The van der Waals surface area contributed by atoms with Gasteiger partial charge in [-0.1, -0.05) is 12.1 Å². The Kier molecular flexibility index (Phi) is 1.39. The van der Waals surface area contributed by atoms with E-state index in [1.54, 1.807) is 6.07 Å². The van der Waals surface area contributed by atoms with E-state index in [0.717, 1.165) is 18.7 Å². The van der Waals surface area contributed by atoms with Gasteiger partial charge in [0.2, 0.25) is 6.29 Å². The molecule has 1 aliphatic heterocycles. The number of fused-ring (bicyclic) bond motifs is 1. The summed E-state index contributed by atoms with van der Waals surface area (Å²) in [4.78, 5) is 10.4. The topological polar surface area (TPSA) is 29.1 Å². The highest BCUT2D eigenvalue weighted by molar-refractivity contribution is 5.86. The molecular weight excluding hydrogens is 138 g/mol. The largest absolute Gasteiger partial charge is 0.384 e. The Bertz CT molecular complexity index is 294. The molecule has 0 atom stereocenters. The van der Waals surface area contributed by atoms with E-state index >= 15 is 0 Å². The van der Waals surface area contributed by atoms with E-state index in [2.05, 4.69) is 5.32 Å². The molecule has 0 saturated heterocycles. The van der Waals surface area contributed by atoms with Crippen molar-refractivity contribution in [2.24, 2.45) is 0 Å². The van der Waals surface area contributed by atoms with Gasteiger partial charge in [-0.05, 0) is 18.1 Å². The molecule has 1 aliphatic rings. The Morgan fingerprint density at radius 1 is 1.45 bits per heavy atom. The van der Waals surface area contributed by atoms with Crippen LogP contribution in [0.2, 0.25) is 0 Å². The van der Waals surface area contributed by atoms with Crippen LogP contribution in [0.25, 0.3) is 0 Å². The number of carbonyl (C=O) groups excluding carboxylic acids is 1. The van der Waals surface area contributed by atoms with Crippen molar-refractivity contribution in [3.05, 3.63) is 29.3 Å². The molecule has 0 amide bonds. The van der Waals surface area contributed by atoms with Gasteiger partial charge in [-0.3, -0.25) is 4.79 Å². The van der Waals surface area contributed by atoms with Crippen LogP contribution >= 0.6 is 0 Å². The van der Waals surface area contributed by atoms with Crippen molar-refractivity contribution in [1.82, 2.24) is 0 Å². The van der Waals surface area contributed by atoms with Crippen LogP contribution in [-0.4, -0.2) is 12.8 Å². The zero-order valence-corrected chi connectivity index (χ0v) is 6.05. The summed E-state index contributed by atoms with van der Waals surface area (Å²) in [6.07, 6.45) is 2.93. The standard InChI is InChI=1S/C9H8NO/c11-6-8-3-1-2-7-4-5-10-9(7)8/h1-3,10H,4-5H2. The average molecular weight is 146 g/mol. The van der Waals surface area contributed by atoms with E-state index in [0.29, 0.717) is 5.56 Å². The van der Waals surface area contributed by atoms with Gasteiger partial charge in [0.1, 0.15) is 0 Å². The minimum absolute atomic E-state index is 0.653. The summed E-state index contributed by atoms with van der Waals surface area (Å²) in [5.74, 6) is 0. The Hall–Kier alpha value is -1.31. The molecule has 0 bridgehead atoms. The van der Waals surface area contributed by atoms with E-state index in [1.165, 1.54) is 5.56 Å². The van der Waals surface area contributed by atoms with Crippen molar-refractivity contribution in [1.29, 1.82) is 0 Å². The second-order valence-corrected chi connectivity index (χ2v) is 2.62. The fourth-order valence-electron chi connectivity index (χ4n) is 1.42. The summed E-state index contributed by atoms with van der Waals surface area (Å²) >= 11 is 0. The van der Waals surface area contributed by atoms with Crippen molar-refractivity contribution in [2.45, 2.75) is 6.42 Å². The quantitative estimate of drug-likeness (QED) is 0.643. The lowest BCUT2D eigenvalue weighted by molar-refractivity contribution is 0.563. The summed E-state index contributed by atoms with van der Waals surface area (Å²) in [7, 11) is 0. The van der Waals surface area contributed by atoms with Gasteiger partial charge < -0.3 is 5.32 Å². The number of hydrogen-bond donors (Lipinski definition) is 1. The molecule has 0 saturated carbocycles. The Balaban J connectivity index is 2.58. The van der Waals surface area contributed by atoms with Gasteiger partial charge in [-0.15, -0.1) is 0 Å². The predicted molar refractivity (Wildman–Crippen MR) is 43.4 cm³/mol. The minimum Gasteiger partial charge on any atom is -0.384 e. The van der Waals surface area contributed by atoms with Crippen LogP contribution in [0.1, 0.15) is 11.1 Å². The number of benzene rings is 1. The molecule has 1 N–H and O–H groups in total. The monoisotopic (exact) mass is 146 g/mol. The third-order valence-corrected chi connectivity index (χ3v) is 1.96. The summed E-state index contributed by atoms with van der Waals surface area (Å²) in [6.45, 7) is 0.939. The number of hydrogen-bond acceptors (Lipinski definition) is 2. The highest BCUT2D eigenvalue weighted by Gasteiger charge is 2.12. The van der Waals surface area contributed by atoms with Gasteiger partial charge in [0, 0.05) is 17.8 Å². The molecule has 0 spiro atoms. The molecule has 1 aromatic carbocycles. The van der Waals surface area contributed by atoms with Gasteiger partial charge in [0.05, 0.1) is 0 Å². The van der Waals surface area contributed by atoms with Crippen LogP contribution in [0, 0.1) is 0 Å². The maximum atomic E-state index is 10.4. The number of para-hydroxylation sites is 1. The molecule has 2 heteroatoms. The lowest BCUT2D eigenvalue weighted by Gasteiger charge is -2.00. The molecule has 0 fully saturated rings. The van der Waals surface area contributed by atoms with E-state index in [4.69, 9.17) is 0 Å². The third-order valence-electron chi connectivity index (χ3n) is 1.96. The third kappa shape index (κ3) is 0.909. The van der Waals surface area contributed by atoms with Gasteiger partial charge in [0.15, 0.2) is 0 Å². The molecule has 0 aromatic heterocycles. The number of anilines is 1. The predicted octanol–water partition coefficient (Wildman–Crippen LogP) is 1.11. The van der Waals surface area contributed by atoms with Crippen LogP contribution in [0.4, 0.5) is 5.69 Å². The zero-order valence-electron chi connectivity index (χ0n) is 6.05. The first kappa shape index (κ1) is 6.40. The molecule has 11 heavy (non-hydrogen) atoms. The molecule has 1 heterocycles. The Labute approximate surface area is 65.2 Å². The highest BCUT2D eigenvalue weighted by Crippen LogP contribution is 2.24. The Morgan fingerprint density at radius 3 is 3.18 bits per heavy atom. The van der Waals surface area contributed by atoms with Crippen molar-refractivity contribution in [2.75, 3.05) is 11.9 Å². The first-order valence-electron chi connectivity index (χ1n) is 3.66. The van der Waals surface area contributed by atoms with Crippen molar-refractivity contribution in [3.8, 4) is 0 Å². The molecule has 55 valence electrons. The van der Waals surface area contributed by atoms with Crippen molar-refractivity contribution >= 4 is 12.0 Å². The summed E-state index contributed by atoms with van der Waals surface area (Å²) in [6, 6.07) is 5.71. The average Bonchev–Trinajstić information content (AvgIpc) is 2.50. The van der Waals surface area contributed by atoms with Gasteiger partial charge in [0.25, 0.3) is 0 Å². The first-order valence-corrected chi connectivity index (χ1v) is 3.66. The molecular formula is C9H8NO. The molecule has 0 unspecified atom stereocenters. The van der Waals surface area contributed by atoms with E-state index < -0.39 is 0 Å². The van der Waals surface area contributed by atoms with Gasteiger partial charge in [-0.2, -0.15) is 0 Å². The number of rotatable bonds is 1. The summed E-state index contributed by atoms with van der Waals surface area (Å²) in [5, 5.41) is 3.16. The Morgan fingerprint density at radius 2 is 2.36 bits per heavy atom.